The highest BCUT2D eigenvalue weighted by Gasteiger charge is 2.24. The van der Waals surface area contributed by atoms with Crippen LogP contribution in [0, 0.1) is 6.85 Å². The Morgan fingerprint density at radius 1 is 0.674 bits per heavy atom. The Morgan fingerprint density at radius 3 is 2.21 bits per heavy atom. The highest BCUT2D eigenvalue weighted by Crippen LogP contribution is 2.42. The van der Waals surface area contributed by atoms with E-state index in [-0.39, 0.29) is 0 Å². The van der Waals surface area contributed by atoms with Crippen LogP contribution in [0.5, 0.6) is 0 Å². The quantitative estimate of drug-likeness (QED) is 0.200. The topological polar surface area (TPSA) is 31.0 Å². The molecule has 43 heavy (non-hydrogen) atoms. The van der Waals surface area contributed by atoms with E-state index in [4.69, 9.17) is 13.5 Å². The highest BCUT2D eigenvalue weighted by molar-refractivity contribution is 6.17. The lowest BCUT2D eigenvalue weighted by Gasteiger charge is -2.22. The van der Waals surface area contributed by atoms with Crippen molar-refractivity contribution < 1.29 is 8.53 Å². The first-order chi connectivity index (χ1) is 22.1. The molecule has 0 saturated carbocycles. The van der Waals surface area contributed by atoms with Gasteiger partial charge in [-0.25, -0.2) is 4.98 Å². The van der Waals surface area contributed by atoms with Crippen LogP contribution in [0.3, 0.4) is 0 Å². The van der Waals surface area contributed by atoms with Crippen LogP contribution >= 0.6 is 0 Å². The molecule has 3 nitrogen and oxygen atoms in total. The first-order valence-electron chi connectivity index (χ1n) is 16.5. The van der Waals surface area contributed by atoms with E-state index in [9.17, 15) is 0 Å². The maximum atomic E-state index is 8.07. The van der Waals surface area contributed by atoms with E-state index in [1.807, 2.05) is 30.3 Å². The van der Waals surface area contributed by atoms with Gasteiger partial charge in [0.25, 0.3) is 0 Å². The Kier molecular flexibility index (Phi) is 5.05. The van der Waals surface area contributed by atoms with E-state index in [1.165, 1.54) is 16.8 Å². The van der Waals surface area contributed by atoms with Crippen molar-refractivity contribution in [3.05, 3.63) is 120 Å². The number of aryl methyl sites for hydroxylation is 1. The van der Waals surface area contributed by atoms with Crippen LogP contribution in [0.4, 0.5) is 0 Å². The number of rotatable bonds is 4. The van der Waals surface area contributed by atoms with Gasteiger partial charge in [0.05, 0.1) is 22.3 Å². The summed E-state index contributed by atoms with van der Waals surface area (Å²) in [5.74, 6) is 1.48. The first-order valence-corrected chi connectivity index (χ1v) is 15.0. The lowest BCUT2D eigenvalue weighted by molar-refractivity contribution is 0.670. The second kappa shape index (κ2) is 9.57. The van der Waals surface area contributed by atoms with E-state index in [0.717, 1.165) is 65.9 Å². The predicted molar refractivity (Wildman–Crippen MR) is 182 cm³/mol. The fourth-order valence-electron chi connectivity index (χ4n) is 6.76. The molecule has 2 aromatic heterocycles. The average Bonchev–Trinajstić information content (AvgIpc) is 3.60. The van der Waals surface area contributed by atoms with Crippen LogP contribution in [0.15, 0.2) is 108 Å². The molecule has 0 fully saturated rings. The van der Waals surface area contributed by atoms with Crippen LogP contribution in [0.2, 0.25) is 0 Å². The summed E-state index contributed by atoms with van der Waals surface area (Å²) in [5.41, 5.74) is 8.57. The lowest BCUT2D eigenvalue weighted by Crippen LogP contribution is -2.08. The third-order valence-corrected chi connectivity index (χ3v) is 8.86. The van der Waals surface area contributed by atoms with Crippen LogP contribution in [0.25, 0.3) is 71.6 Å². The van der Waals surface area contributed by atoms with Gasteiger partial charge >= 0.3 is 0 Å². The van der Waals surface area contributed by atoms with Crippen molar-refractivity contribution in [1.29, 1.82) is 0 Å². The third-order valence-electron chi connectivity index (χ3n) is 8.86. The van der Waals surface area contributed by atoms with Crippen LogP contribution in [0.1, 0.15) is 60.3 Å². The summed E-state index contributed by atoms with van der Waals surface area (Å²) in [6, 6.07) is 35.0. The van der Waals surface area contributed by atoms with Crippen molar-refractivity contribution in [2.24, 2.45) is 0 Å². The van der Waals surface area contributed by atoms with Crippen LogP contribution in [-0.4, -0.2) is 9.55 Å². The van der Waals surface area contributed by atoms with E-state index in [2.05, 4.69) is 99.0 Å². The van der Waals surface area contributed by atoms with Gasteiger partial charge in [-0.2, -0.15) is 0 Å². The summed E-state index contributed by atoms with van der Waals surface area (Å²) >= 11 is 0. The van der Waals surface area contributed by atoms with Gasteiger partial charge in [-0.1, -0.05) is 100 Å². The van der Waals surface area contributed by atoms with Gasteiger partial charge in [0.2, 0.25) is 0 Å². The Labute approximate surface area is 255 Å². The lowest BCUT2D eigenvalue weighted by atomic mass is 9.92. The van der Waals surface area contributed by atoms with Gasteiger partial charge in [0.15, 0.2) is 0 Å². The molecular formula is C40H34N2O. The number of hydrogen-bond donors (Lipinski definition) is 0. The highest BCUT2D eigenvalue weighted by atomic mass is 16.3. The van der Waals surface area contributed by atoms with Gasteiger partial charge in [0.1, 0.15) is 17.0 Å². The number of hydrogen-bond acceptors (Lipinski definition) is 2. The maximum absolute atomic E-state index is 8.07. The monoisotopic (exact) mass is 561 g/mol. The summed E-state index contributed by atoms with van der Waals surface area (Å²) in [6.07, 6.45) is 0. The Bertz CT molecular complexity index is 2450. The van der Waals surface area contributed by atoms with Gasteiger partial charge < -0.3 is 4.42 Å². The van der Waals surface area contributed by atoms with Crippen molar-refractivity contribution in [3.63, 3.8) is 0 Å². The van der Waals surface area contributed by atoms with E-state index in [1.54, 1.807) is 6.07 Å². The molecule has 8 aromatic rings. The minimum absolute atomic E-state index is 0.317. The Morgan fingerprint density at radius 2 is 1.42 bits per heavy atom. The molecule has 0 unspecified atom stereocenters. The minimum Gasteiger partial charge on any atom is -0.455 e. The first kappa shape index (κ1) is 22.7. The number of fused-ring (bicyclic) bond motifs is 7. The third kappa shape index (κ3) is 3.84. The smallest absolute Gasteiger partial charge is 0.149 e. The molecule has 0 amide bonds. The van der Waals surface area contributed by atoms with Gasteiger partial charge in [-0.05, 0) is 87.3 Å². The number of imidazole rings is 1. The zero-order chi connectivity index (χ0) is 31.9. The summed E-state index contributed by atoms with van der Waals surface area (Å²) in [6.45, 7) is 6.79. The van der Waals surface area contributed by atoms with E-state index >= 15 is 0 Å². The summed E-state index contributed by atoms with van der Waals surface area (Å²) in [4.78, 5) is 5.26. The van der Waals surface area contributed by atoms with Gasteiger partial charge in [0, 0.05) is 14.9 Å². The van der Waals surface area contributed by atoms with E-state index in [0.29, 0.717) is 17.4 Å². The zero-order valence-corrected chi connectivity index (χ0v) is 24.8. The minimum atomic E-state index is -2.19. The van der Waals surface area contributed by atoms with Crippen molar-refractivity contribution in [2.75, 3.05) is 0 Å². The standard InChI is InChI=1S/C40H34N2O/c1-23(2)27-12-9-13-28(24(3)4)38(27)42-36-18-7-6-17-35(36)41-40(42)32-16-10-15-31-34-21-26-19-20-29-25(5)11-8-14-30(29)33(26)22-37(34)43-39(31)32/h6-24H,1-5H3/i5D3. The summed E-state index contributed by atoms with van der Waals surface area (Å²) in [5, 5.41) is 5.69. The molecule has 0 atom stereocenters. The molecular weight excluding hydrogens is 524 g/mol. The molecule has 0 bridgehead atoms. The summed E-state index contributed by atoms with van der Waals surface area (Å²) < 4.78 is 33.3. The van der Waals surface area contributed by atoms with Crippen LogP contribution in [-0.2, 0) is 0 Å². The second-order valence-corrected chi connectivity index (χ2v) is 12.2. The zero-order valence-electron chi connectivity index (χ0n) is 27.8. The fourth-order valence-corrected chi connectivity index (χ4v) is 6.76. The number of furan rings is 1. The van der Waals surface area contributed by atoms with Crippen molar-refractivity contribution in [2.45, 2.75) is 46.4 Å². The fraction of sp³-hybridized carbons (Fsp3) is 0.175. The molecule has 8 rings (SSSR count). The second-order valence-electron chi connectivity index (χ2n) is 12.2. The maximum Gasteiger partial charge on any atom is 0.149 e. The largest absolute Gasteiger partial charge is 0.455 e. The number of para-hydroxylation sites is 4. The molecule has 0 spiro atoms. The predicted octanol–water partition coefficient (Wildman–Crippen LogP) is 11.5. The van der Waals surface area contributed by atoms with Crippen molar-refractivity contribution in [1.82, 2.24) is 9.55 Å². The Hall–Kier alpha value is -4.89. The Balaban J connectivity index is 1.44. The van der Waals surface area contributed by atoms with E-state index < -0.39 is 6.85 Å². The number of benzene rings is 6. The molecule has 0 radical (unpaired) electrons. The van der Waals surface area contributed by atoms with Gasteiger partial charge in [-0.15, -0.1) is 0 Å². The van der Waals surface area contributed by atoms with Crippen molar-refractivity contribution in [3.8, 4) is 17.1 Å². The SMILES string of the molecule is [2H]C([2H])([2H])c1cccc2c1ccc1cc3c(cc12)oc1c(-c2nc4ccccc4n2-c2c(C(C)C)cccc2C(C)C)cccc13. The molecule has 2 heterocycles. The number of aromatic nitrogens is 2. The molecule has 0 aliphatic carbocycles. The normalized spacial score (nSPS) is 13.6. The van der Waals surface area contributed by atoms with Crippen molar-refractivity contribution >= 4 is 54.5 Å². The molecule has 0 saturated heterocycles. The summed E-state index contributed by atoms with van der Waals surface area (Å²) in [7, 11) is 0. The average molecular weight is 562 g/mol. The molecule has 6 aromatic carbocycles. The molecule has 0 aliphatic heterocycles. The molecule has 3 heteroatoms. The molecule has 0 aliphatic rings. The van der Waals surface area contributed by atoms with Crippen LogP contribution < -0.4 is 0 Å². The molecule has 0 N–H and O–H groups in total. The molecule has 210 valence electrons. The van der Waals surface area contributed by atoms with Gasteiger partial charge in [-0.3, -0.25) is 4.57 Å². The number of nitrogens with zero attached hydrogens (tertiary/aromatic N) is 2.